The largest absolute Gasteiger partial charge is 0.493 e. The number of thiophene rings is 1. The number of ether oxygens (including phenoxy) is 5. The first kappa shape index (κ1) is 42.2. The average Bonchev–Trinajstić information content (AvgIpc) is 3.98. The van der Waals surface area contributed by atoms with Crippen molar-refractivity contribution in [3.63, 3.8) is 0 Å². The highest BCUT2D eigenvalue weighted by atomic mass is 32.1. The van der Waals surface area contributed by atoms with E-state index in [1.54, 1.807) is 62.6 Å². The molecule has 0 spiro atoms. The maximum Gasteiger partial charge on any atom is 0.416 e. The molecule has 0 aliphatic carbocycles. The Labute approximate surface area is 351 Å². The summed E-state index contributed by atoms with van der Waals surface area (Å²) < 4.78 is 32.2. The van der Waals surface area contributed by atoms with Gasteiger partial charge in [0.15, 0.2) is 29.8 Å². The summed E-state index contributed by atoms with van der Waals surface area (Å²) in [6, 6.07) is 9.87. The van der Waals surface area contributed by atoms with Gasteiger partial charge in [-0.1, -0.05) is 12.7 Å². The van der Waals surface area contributed by atoms with Crippen LogP contribution in [0.15, 0.2) is 55.3 Å². The zero-order valence-electron chi connectivity index (χ0n) is 34.1. The van der Waals surface area contributed by atoms with E-state index in [0.717, 1.165) is 29.3 Å². The zero-order chi connectivity index (χ0) is 42.5. The van der Waals surface area contributed by atoms with Crippen LogP contribution in [0.2, 0.25) is 0 Å². The van der Waals surface area contributed by atoms with Gasteiger partial charge in [0, 0.05) is 63.4 Å². The number of hydrogen-bond acceptors (Lipinski definition) is 12. The second-order valence-corrected chi connectivity index (χ2v) is 15.9. The SMILES string of the molecule is C=CCOC(=O)N1c2cc(OCCCC(=O)Nc3cn(C)c(C(=O)Nc4ccc5sc(C(=O)N(C)C)cc5c4)n3)c(OC)cc2C(=O)N2CCC[C@H]2C1OC1CCCCO1. The molecule has 2 aromatic carbocycles. The first-order valence-electron chi connectivity index (χ1n) is 19.8. The Morgan fingerprint density at radius 3 is 2.65 bits per heavy atom. The number of nitrogens with zero attached hydrogens (tertiary/aromatic N) is 5. The maximum absolute atomic E-state index is 14.1. The van der Waals surface area contributed by atoms with Gasteiger partial charge in [0.05, 0.1) is 35.9 Å². The second kappa shape index (κ2) is 18.5. The molecule has 60 heavy (non-hydrogen) atoms. The number of aryl methyl sites for hydroxylation is 1. The van der Waals surface area contributed by atoms with Crippen LogP contribution in [0.3, 0.4) is 0 Å². The van der Waals surface area contributed by atoms with Gasteiger partial charge in [-0.25, -0.2) is 14.7 Å². The van der Waals surface area contributed by atoms with E-state index in [1.165, 1.54) is 38.9 Å². The molecule has 0 radical (unpaired) electrons. The molecule has 2 unspecified atom stereocenters. The van der Waals surface area contributed by atoms with Crippen molar-refractivity contribution in [3.8, 4) is 11.5 Å². The fourth-order valence-corrected chi connectivity index (χ4v) is 8.58. The first-order valence-corrected chi connectivity index (χ1v) is 20.7. The number of benzene rings is 2. The lowest BCUT2D eigenvalue weighted by atomic mass is 10.1. The van der Waals surface area contributed by atoms with Crippen LogP contribution in [0.5, 0.6) is 11.5 Å². The second-order valence-electron chi connectivity index (χ2n) is 14.9. The molecule has 4 aromatic rings. The fourth-order valence-electron chi connectivity index (χ4n) is 7.52. The molecule has 7 rings (SSSR count). The summed E-state index contributed by atoms with van der Waals surface area (Å²) in [5.41, 5.74) is 1.00. The number of methoxy groups -OCH3 is 1. The molecule has 3 atom stereocenters. The Hall–Kier alpha value is -5.98. The number of fused-ring (bicyclic) bond motifs is 3. The Morgan fingerprint density at radius 1 is 1.07 bits per heavy atom. The van der Waals surface area contributed by atoms with Gasteiger partial charge in [-0.15, -0.1) is 11.3 Å². The number of anilines is 3. The van der Waals surface area contributed by atoms with Gasteiger partial charge in [-0.2, -0.15) is 0 Å². The van der Waals surface area contributed by atoms with E-state index in [1.807, 2.05) is 6.07 Å². The fraction of sp³-hybridized carbons (Fsp3) is 0.429. The van der Waals surface area contributed by atoms with Crippen molar-refractivity contribution in [1.29, 1.82) is 0 Å². The van der Waals surface area contributed by atoms with Crippen molar-refractivity contribution in [2.75, 3.05) is 63.1 Å². The lowest BCUT2D eigenvalue weighted by Gasteiger charge is -2.38. The molecular weight excluding hydrogens is 795 g/mol. The van der Waals surface area contributed by atoms with Crippen LogP contribution < -0.4 is 25.0 Å². The number of amides is 5. The summed E-state index contributed by atoms with van der Waals surface area (Å²) in [6.07, 6.45) is 5.01. The van der Waals surface area contributed by atoms with Gasteiger partial charge in [0.2, 0.25) is 11.7 Å². The number of aromatic nitrogens is 2. The lowest BCUT2D eigenvalue weighted by molar-refractivity contribution is -0.195. The number of hydrogen-bond donors (Lipinski definition) is 2. The average molecular weight is 844 g/mol. The van der Waals surface area contributed by atoms with E-state index in [0.29, 0.717) is 36.6 Å². The predicted molar refractivity (Wildman–Crippen MR) is 224 cm³/mol. The highest BCUT2D eigenvalue weighted by Crippen LogP contribution is 2.43. The number of nitrogens with one attached hydrogen (secondary N) is 2. The molecule has 3 aliphatic rings. The van der Waals surface area contributed by atoms with Crippen LogP contribution in [-0.2, 0) is 26.1 Å². The lowest BCUT2D eigenvalue weighted by Crippen LogP contribution is -2.54. The summed E-state index contributed by atoms with van der Waals surface area (Å²) in [6.45, 7) is 4.73. The molecule has 2 saturated heterocycles. The molecule has 5 amide bonds. The Morgan fingerprint density at radius 2 is 1.90 bits per heavy atom. The minimum absolute atomic E-state index is 0.0517. The minimum Gasteiger partial charge on any atom is -0.493 e. The standard InChI is InChI=1S/C42H49N7O10S/c1-6-17-58-42(54)49-29-23-31(30(55-5)22-27(29)39(52)48-16-9-11-28(48)41(49)59-36-13-7-8-18-57-36)56-19-10-12-35(50)44-34-24-47(4)37(45-34)38(51)43-26-14-15-32-25(20-26)21-33(60-32)40(53)46(2)3/h6,14-15,20-24,28,36,41H,1,7-13,16-19H2,2-5H3,(H,43,51)(H,44,50)/t28-,36?,41?/m0/s1. The molecule has 2 fully saturated rings. The molecular formula is C42H49N7O10S. The molecule has 2 aromatic heterocycles. The van der Waals surface area contributed by atoms with Crippen molar-refractivity contribution in [2.24, 2.45) is 7.05 Å². The van der Waals surface area contributed by atoms with Gasteiger partial charge in [0.1, 0.15) is 6.61 Å². The molecule has 318 valence electrons. The van der Waals surface area contributed by atoms with Crippen LogP contribution in [0.1, 0.15) is 75.6 Å². The highest BCUT2D eigenvalue weighted by molar-refractivity contribution is 7.20. The summed E-state index contributed by atoms with van der Waals surface area (Å²) in [5.74, 6) is -0.386. The molecule has 18 heteroatoms. The zero-order valence-corrected chi connectivity index (χ0v) is 34.9. The van der Waals surface area contributed by atoms with Crippen molar-refractivity contribution < 1.29 is 47.7 Å². The van der Waals surface area contributed by atoms with Crippen LogP contribution >= 0.6 is 11.3 Å². The number of imidazole rings is 1. The monoisotopic (exact) mass is 843 g/mol. The summed E-state index contributed by atoms with van der Waals surface area (Å²) in [5, 5.41) is 6.40. The molecule has 17 nitrogen and oxygen atoms in total. The molecule has 0 bridgehead atoms. The Balaban J connectivity index is 1.00. The van der Waals surface area contributed by atoms with Crippen LogP contribution in [0.25, 0.3) is 10.1 Å². The number of carbonyl (C=O) groups excluding carboxylic acids is 5. The molecule has 2 N–H and O–H groups in total. The minimum atomic E-state index is -0.897. The predicted octanol–water partition coefficient (Wildman–Crippen LogP) is 6.01. The van der Waals surface area contributed by atoms with E-state index in [4.69, 9.17) is 23.7 Å². The topological polar surface area (TPSA) is 183 Å². The van der Waals surface area contributed by atoms with Crippen LogP contribution in [0.4, 0.5) is 22.0 Å². The van der Waals surface area contributed by atoms with E-state index in [2.05, 4.69) is 22.2 Å². The smallest absolute Gasteiger partial charge is 0.416 e. The molecule has 5 heterocycles. The first-order chi connectivity index (χ1) is 28.9. The number of carbonyl (C=O) groups is 5. The third kappa shape index (κ3) is 9.09. The Kier molecular flexibility index (Phi) is 13.0. The molecule has 0 saturated carbocycles. The molecule has 3 aliphatic heterocycles. The van der Waals surface area contributed by atoms with Crippen molar-refractivity contribution in [2.45, 2.75) is 63.5 Å². The van der Waals surface area contributed by atoms with E-state index < -0.39 is 30.6 Å². The van der Waals surface area contributed by atoms with Gasteiger partial charge in [-0.3, -0.25) is 19.2 Å². The van der Waals surface area contributed by atoms with Crippen LogP contribution in [0, 0.1) is 0 Å². The van der Waals surface area contributed by atoms with Crippen LogP contribution in [-0.4, -0.2) is 115 Å². The summed E-state index contributed by atoms with van der Waals surface area (Å²) >= 11 is 1.38. The summed E-state index contributed by atoms with van der Waals surface area (Å²) in [7, 11) is 6.50. The highest BCUT2D eigenvalue weighted by Gasteiger charge is 2.48. The van der Waals surface area contributed by atoms with Crippen molar-refractivity contribution in [1.82, 2.24) is 19.4 Å². The third-order valence-electron chi connectivity index (χ3n) is 10.4. The van der Waals surface area contributed by atoms with E-state index >= 15 is 0 Å². The van der Waals surface area contributed by atoms with Crippen molar-refractivity contribution >= 4 is 68.3 Å². The number of rotatable bonds is 14. The normalized spacial score (nSPS) is 18.6. The summed E-state index contributed by atoms with van der Waals surface area (Å²) in [4.78, 5) is 76.1. The van der Waals surface area contributed by atoms with Crippen molar-refractivity contribution in [3.05, 3.63) is 71.5 Å². The van der Waals surface area contributed by atoms with Gasteiger partial charge in [-0.05, 0) is 74.2 Å². The third-order valence-corrected chi connectivity index (χ3v) is 11.5. The maximum atomic E-state index is 14.1. The van der Waals surface area contributed by atoms with Gasteiger partial charge < -0.3 is 48.7 Å². The van der Waals surface area contributed by atoms with Gasteiger partial charge >= 0.3 is 6.09 Å². The van der Waals surface area contributed by atoms with Gasteiger partial charge in [0.25, 0.3) is 17.7 Å². The van der Waals surface area contributed by atoms with E-state index in [-0.39, 0.29) is 78.2 Å². The Bertz CT molecular complexity index is 2280. The quantitative estimate of drug-likeness (QED) is 0.112. The van der Waals surface area contributed by atoms with E-state index in [9.17, 15) is 24.0 Å².